The monoisotopic (exact) mass is 517 g/mol. The summed E-state index contributed by atoms with van der Waals surface area (Å²) >= 11 is 6.13. The van der Waals surface area contributed by atoms with Crippen LogP contribution in [0.2, 0.25) is 5.02 Å². The lowest BCUT2D eigenvalue weighted by Crippen LogP contribution is -2.22. The second kappa shape index (κ2) is 10.7. The second-order valence-corrected chi connectivity index (χ2v) is 6.80. The molecule has 6 nitrogen and oxygen atoms in total. The third-order valence-corrected chi connectivity index (χ3v) is 4.54. The Kier molecular flexibility index (Phi) is 8.65. The molecule has 0 radical (unpaired) electrons. The van der Waals surface area contributed by atoms with Gasteiger partial charge in [-0.25, -0.2) is 4.99 Å². The molecule has 0 aliphatic carbocycles. The van der Waals surface area contributed by atoms with Gasteiger partial charge in [-0.1, -0.05) is 23.7 Å². The highest BCUT2D eigenvalue weighted by atomic mass is 127. The highest BCUT2D eigenvalue weighted by molar-refractivity contribution is 14.0. The predicted molar refractivity (Wildman–Crippen MR) is 123 cm³/mol. The summed E-state index contributed by atoms with van der Waals surface area (Å²) in [4.78, 5) is 4.42. The summed E-state index contributed by atoms with van der Waals surface area (Å²) in [7, 11) is 1.57. The number of benzene rings is 2. The molecule has 152 valence electrons. The van der Waals surface area contributed by atoms with Crippen LogP contribution < -0.4 is 20.5 Å². The number of aryl methyl sites for hydroxylation is 1. The number of methoxy groups -OCH3 is 1. The van der Waals surface area contributed by atoms with E-state index in [0.29, 0.717) is 29.9 Å². The quantitative estimate of drug-likeness (QED) is 0.338. The Bertz CT molecular complexity index is 826. The third-order valence-electron chi connectivity index (χ3n) is 4.25. The molecule has 2 aromatic carbocycles. The molecule has 3 N–H and O–H groups in total. The summed E-state index contributed by atoms with van der Waals surface area (Å²) in [5, 5.41) is 3.54. The van der Waals surface area contributed by atoms with Crippen LogP contribution in [0.4, 0.5) is 5.69 Å². The average molecular weight is 518 g/mol. The van der Waals surface area contributed by atoms with Gasteiger partial charge in [-0.3, -0.25) is 0 Å². The van der Waals surface area contributed by atoms with Crippen LogP contribution in [0.15, 0.2) is 41.4 Å². The zero-order valence-electron chi connectivity index (χ0n) is 15.9. The fourth-order valence-electron chi connectivity index (χ4n) is 2.79. The van der Waals surface area contributed by atoms with Gasteiger partial charge in [-0.05, 0) is 36.8 Å². The van der Waals surface area contributed by atoms with Crippen molar-refractivity contribution in [3.8, 4) is 11.5 Å². The SMILES string of the molecule is COc1ccc(NC(N)=NCc2ccc(C)cc2OC2CCOC2)cc1Cl.I. The van der Waals surface area contributed by atoms with Crippen molar-refractivity contribution >= 4 is 47.2 Å². The fourth-order valence-corrected chi connectivity index (χ4v) is 3.05. The van der Waals surface area contributed by atoms with E-state index in [2.05, 4.69) is 10.3 Å². The number of aliphatic imine (C=N–C) groups is 1. The van der Waals surface area contributed by atoms with E-state index in [1.807, 2.05) is 31.2 Å². The molecule has 2 aromatic rings. The maximum Gasteiger partial charge on any atom is 0.193 e. The fraction of sp³-hybridized carbons (Fsp3) is 0.350. The molecule has 1 fully saturated rings. The number of rotatable bonds is 6. The summed E-state index contributed by atoms with van der Waals surface area (Å²) in [5.41, 5.74) is 8.87. The molecule has 1 aliphatic rings. The Hall–Kier alpha value is -1.71. The summed E-state index contributed by atoms with van der Waals surface area (Å²) in [5.74, 6) is 1.73. The normalized spacial score (nSPS) is 16.4. The Labute approximate surface area is 187 Å². The number of nitrogens with zero attached hydrogens (tertiary/aromatic N) is 1. The number of halogens is 2. The number of nitrogens with two attached hydrogens (primary N) is 1. The van der Waals surface area contributed by atoms with Crippen LogP contribution in [0.5, 0.6) is 11.5 Å². The van der Waals surface area contributed by atoms with Crippen LogP contribution in [0.3, 0.4) is 0 Å². The van der Waals surface area contributed by atoms with Crippen LogP contribution in [0, 0.1) is 6.92 Å². The minimum Gasteiger partial charge on any atom is -0.495 e. The molecule has 28 heavy (non-hydrogen) atoms. The van der Waals surface area contributed by atoms with E-state index < -0.39 is 0 Å². The first kappa shape index (κ1) is 22.6. The standard InChI is InChI=1S/C20H24ClN3O3.HI/c1-13-3-4-14(19(9-13)27-16-7-8-26-12-16)11-23-20(22)24-15-5-6-18(25-2)17(21)10-15;/h3-6,9-10,16H,7-8,11-12H2,1-2H3,(H3,22,23,24);1H. The van der Waals surface area contributed by atoms with Crippen LogP contribution in [0.1, 0.15) is 17.5 Å². The van der Waals surface area contributed by atoms with Gasteiger partial charge < -0.3 is 25.3 Å². The number of hydrogen-bond donors (Lipinski definition) is 2. The minimum atomic E-state index is 0. The zero-order chi connectivity index (χ0) is 19.2. The van der Waals surface area contributed by atoms with Crippen LogP contribution in [-0.4, -0.2) is 32.4 Å². The molecule has 0 amide bonds. The number of anilines is 1. The number of ether oxygens (including phenoxy) is 3. The van der Waals surface area contributed by atoms with Gasteiger partial charge >= 0.3 is 0 Å². The van der Waals surface area contributed by atoms with Gasteiger partial charge in [0.15, 0.2) is 5.96 Å². The van der Waals surface area contributed by atoms with E-state index in [1.54, 1.807) is 19.2 Å². The van der Waals surface area contributed by atoms with E-state index in [-0.39, 0.29) is 30.1 Å². The molecule has 1 aliphatic heterocycles. The van der Waals surface area contributed by atoms with E-state index >= 15 is 0 Å². The summed E-state index contributed by atoms with van der Waals surface area (Å²) in [6.45, 7) is 3.81. The van der Waals surface area contributed by atoms with Gasteiger partial charge in [0.05, 0.1) is 31.9 Å². The predicted octanol–water partition coefficient (Wildman–Crippen LogP) is 4.37. The Morgan fingerprint density at radius 3 is 2.79 bits per heavy atom. The minimum absolute atomic E-state index is 0. The van der Waals surface area contributed by atoms with Crippen molar-refractivity contribution in [2.24, 2.45) is 10.7 Å². The lowest BCUT2D eigenvalue weighted by Gasteiger charge is -2.16. The lowest BCUT2D eigenvalue weighted by molar-refractivity contribution is 0.140. The number of hydrogen-bond acceptors (Lipinski definition) is 4. The Morgan fingerprint density at radius 1 is 1.29 bits per heavy atom. The molecule has 3 rings (SSSR count). The lowest BCUT2D eigenvalue weighted by atomic mass is 10.1. The van der Waals surface area contributed by atoms with Crippen molar-refractivity contribution in [3.63, 3.8) is 0 Å². The van der Waals surface area contributed by atoms with Crippen molar-refractivity contribution in [1.82, 2.24) is 0 Å². The maximum absolute atomic E-state index is 6.13. The van der Waals surface area contributed by atoms with Crippen molar-refractivity contribution < 1.29 is 14.2 Å². The zero-order valence-corrected chi connectivity index (χ0v) is 19.0. The Balaban J connectivity index is 0.00000280. The van der Waals surface area contributed by atoms with E-state index in [1.165, 1.54) is 0 Å². The first-order chi connectivity index (χ1) is 13.0. The van der Waals surface area contributed by atoms with Crippen LogP contribution in [0.25, 0.3) is 0 Å². The molecular weight excluding hydrogens is 493 g/mol. The van der Waals surface area contributed by atoms with Crippen molar-refractivity contribution in [3.05, 3.63) is 52.5 Å². The van der Waals surface area contributed by atoms with Crippen molar-refractivity contribution in [2.75, 3.05) is 25.6 Å². The second-order valence-electron chi connectivity index (χ2n) is 6.39. The van der Waals surface area contributed by atoms with Crippen molar-refractivity contribution in [2.45, 2.75) is 26.0 Å². The maximum atomic E-state index is 6.13. The summed E-state index contributed by atoms with van der Waals surface area (Å²) in [6.07, 6.45) is 0.991. The molecule has 0 aromatic heterocycles. The van der Waals surface area contributed by atoms with Gasteiger partial charge in [0, 0.05) is 17.7 Å². The van der Waals surface area contributed by atoms with E-state index in [9.17, 15) is 0 Å². The van der Waals surface area contributed by atoms with Gasteiger partial charge in [0.1, 0.15) is 17.6 Å². The van der Waals surface area contributed by atoms with Crippen LogP contribution in [-0.2, 0) is 11.3 Å². The molecule has 8 heteroatoms. The largest absolute Gasteiger partial charge is 0.495 e. The molecule has 1 unspecified atom stereocenters. The molecular formula is C20H25ClIN3O3. The summed E-state index contributed by atoms with van der Waals surface area (Å²) in [6, 6.07) is 11.4. The molecule has 0 bridgehead atoms. The molecule has 1 atom stereocenters. The summed E-state index contributed by atoms with van der Waals surface area (Å²) < 4.78 is 16.6. The highest BCUT2D eigenvalue weighted by Crippen LogP contribution is 2.27. The average Bonchev–Trinajstić information content (AvgIpc) is 3.14. The third kappa shape index (κ3) is 6.15. The number of nitrogens with one attached hydrogen (secondary N) is 1. The topological polar surface area (TPSA) is 78.1 Å². The van der Waals surface area contributed by atoms with Gasteiger partial charge in [-0.15, -0.1) is 24.0 Å². The van der Waals surface area contributed by atoms with Crippen LogP contribution >= 0.6 is 35.6 Å². The van der Waals surface area contributed by atoms with Crippen molar-refractivity contribution in [1.29, 1.82) is 0 Å². The smallest absolute Gasteiger partial charge is 0.193 e. The van der Waals surface area contributed by atoms with E-state index in [0.717, 1.165) is 35.6 Å². The highest BCUT2D eigenvalue weighted by Gasteiger charge is 2.18. The molecule has 0 saturated carbocycles. The first-order valence-electron chi connectivity index (χ1n) is 8.79. The molecule has 1 saturated heterocycles. The molecule has 0 spiro atoms. The number of guanidine groups is 1. The molecule has 1 heterocycles. The van der Waals surface area contributed by atoms with Gasteiger partial charge in [-0.2, -0.15) is 0 Å². The van der Waals surface area contributed by atoms with E-state index in [4.69, 9.17) is 31.5 Å². The Morgan fingerprint density at radius 2 is 2.11 bits per heavy atom. The first-order valence-corrected chi connectivity index (χ1v) is 9.17. The van der Waals surface area contributed by atoms with Gasteiger partial charge in [0.2, 0.25) is 0 Å². The van der Waals surface area contributed by atoms with Gasteiger partial charge in [0.25, 0.3) is 0 Å².